The minimum Gasteiger partial charge on any atom is -0.172 e. The summed E-state index contributed by atoms with van der Waals surface area (Å²) in [4.78, 5) is 0. The van der Waals surface area contributed by atoms with Crippen molar-refractivity contribution >= 4 is 12.6 Å². The summed E-state index contributed by atoms with van der Waals surface area (Å²) in [5.41, 5.74) is 0.960. The fourth-order valence-electron chi connectivity index (χ4n) is 1.88. The molecule has 0 heterocycles. The van der Waals surface area contributed by atoms with Gasteiger partial charge in [0, 0.05) is 4.75 Å². The number of hydrogen-bond acceptors (Lipinski definition) is 1. The molecule has 1 aliphatic carbocycles. The highest BCUT2D eigenvalue weighted by atomic mass is 32.1. The largest absolute Gasteiger partial charge is 0.172 e. The van der Waals surface area contributed by atoms with Gasteiger partial charge >= 0.3 is 0 Å². The molecule has 0 spiro atoms. The Bertz CT molecular complexity index is 153. The highest BCUT2D eigenvalue weighted by Crippen LogP contribution is 2.69. The zero-order chi connectivity index (χ0) is 8.21. The molecule has 0 nitrogen and oxygen atoms in total. The molecule has 0 bridgehead atoms. The third-order valence-electron chi connectivity index (χ3n) is 3.51. The van der Waals surface area contributed by atoms with E-state index in [0.717, 1.165) is 0 Å². The van der Waals surface area contributed by atoms with Crippen molar-refractivity contribution in [2.24, 2.45) is 10.8 Å². The average Bonchev–Trinajstić information content (AvgIpc) is 2.05. The summed E-state index contributed by atoms with van der Waals surface area (Å²) in [5.74, 6) is 0. The Balaban J connectivity index is 2.78. The number of thiol groups is 1. The first-order valence-electron chi connectivity index (χ1n) is 3.93. The molecule has 1 heteroatoms. The van der Waals surface area contributed by atoms with Crippen LogP contribution in [-0.2, 0) is 0 Å². The van der Waals surface area contributed by atoms with Crippen LogP contribution in [0.2, 0.25) is 0 Å². The van der Waals surface area contributed by atoms with Crippen LogP contribution in [0, 0.1) is 10.8 Å². The van der Waals surface area contributed by atoms with E-state index in [-0.39, 0.29) is 4.75 Å². The van der Waals surface area contributed by atoms with Crippen LogP contribution in [0.15, 0.2) is 0 Å². The highest BCUT2D eigenvalue weighted by Gasteiger charge is 2.63. The first-order valence-corrected chi connectivity index (χ1v) is 4.38. The zero-order valence-electron chi connectivity index (χ0n) is 7.65. The molecule has 0 saturated heterocycles. The Morgan fingerprint density at radius 1 is 1.20 bits per heavy atom. The van der Waals surface area contributed by atoms with Crippen molar-refractivity contribution in [1.29, 1.82) is 0 Å². The number of hydrogen-bond donors (Lipinski definition) is 1. The highest BCUT2D eigenvalue weighted by molar-refractivity contribution is 7.81. The fraction of sp³-hybridized carbons (Fsp3) is 1.00. The standard InChI is InChI=1S/C9H18S/c1-7(2)6-9(7,5)8(3,4)10/h10H,6H2,1-5H3. The van der Waals surface area contributed by atoms with Crippen molar-refractivity contribution in [1.82, 2.24) is 0 Å². The van der Waals surface area contributed by atoms with Crippen LogP contribution in [0.5, 0.6) is 0 Å². The van der Waals surface area contributed by atoms with Crippen LogP contribution < -0.4 is 0 Å². The normalized spacial score (nSPS) is 37.8. The van der Waals surface area contributed by atoms with Crippen LogP contribution in [0.3, 0.4) is 0 Å². The molecule has 0 N–H and O–H groups in total. The van der Waals surface area contributed by atoms with E-state index in [1.54, 1.807) is 0 Å². The second-order valence-electron chi connectivity index (χ2n) is 4.95. The first-order chi connectivity index (χ1) is 4.21. The third-order valence-corrected chi connectivity index (χ3v) is 4.01. The fourth-order valence-corrected chi connectivity index (χ4v) is 2.27. The second kappa shape index (κ2) is 1.74. The summed E-state index contributed by atoms with van der Waals surface area (Å²) in [6, 6.07) is 0. The van der Waals surface area contributed by atoms with Gasteiger partial charge in [0.05, 0.1) is 0 Å². The van der Waals surface area contributed by atoms with Crippen molar-refractivity contribution in [3.05, 3.63) is 0 Å². The molecule has 0 aromatic heterocycles. The van der Waals surface area contributed by atoms with Crippen LogP contribution in [0.25, 0.3) is 0 Å². The topological polar surface area (TPSA) is 0 Å². The van der Waals surface area contributed by atoms with Gasteiger partial charge in [-0.15, -0.1) is 0 Å². The van der Waals surface area contributed by atoms with Gasteiger partial charge in [0.15, 0.2) is 0 Å². The Morgan fingerprint density at radius 3 is 1.50 bits per heavy atom. The Morgan fingerprint density at radius 2 is 1.50 bits per heavy atom. The molecule has 0 radical (unpaired) electrons. The molecule has 1 rings (SSSR count). The van der Waals surface area contributed by atoms with Crippen molar-refractivity contribution in [3.8, 4) is 0 Å². The maximum absolute atomic E-state index is 4.61. The van der Waals surface area contributed by atoms with Crippen LogP contribution >= 0.6 is 12.6 Å². The predicted molar refractivity (Wildman–Crippen MR) is 49.6 cm³/mol. The minimum absolute atomic E-state index is 0.177. The lowest BCUT2D eigenvalue weighted by Gasteiger charge is -2.29. The van der Waals surface area contributed by atoms with E-state index in [4.69, 9.17) is 0 Å². The van der Waals surface area contributed by atoms with Crippen molar-refractivity contribution in [3.63, 3.8) is 0 Å². The third kappa shape index (κ3) is 0.903. The Kier molecular flexibility index (Phi) is 1.47. The Hall–Kier alpha value is 0.350. The molecule has 1 atom stereocenters. The maximum atomic E-state index is 4.61. The zero-order valence-corrected chi connectivity index (χ0v) is 8.55. The first kappa shape index (κ1) is 8.45. The van der Waals surface area contributed by atoms with Gasteiger partial charge in [-0.1, -0.05) is 34.6 Å². The lowest BCUT2D eigenvalue weighted by molar-refractivity contribution is 0.343. The molecule has 1 unspecified atom stereocenters. The van der Waals surface area contributed by atoms with Gasteiger partial charge < -0.3 is 0 Å². The van der Waals surface area contributed by atoms with Gasteiger partial charge in [-0.05, 0) is 17.3 Å². The van der Waals surface area contributed by atoms with Gasteiger partial charge in [0.25, 0.3) is 0 Å². The average molecular weight is 158 g/mol. The lowest BCUT2D eigenvalue weighted by atomic mass is 9.86. The smallest absolute Gasteiger partial charge is 0.0132 e. The van der Waals surface area contributed by atoms with Gasteiger partial charge in [0.2, 0.25) is 0 Å². The molecule has 0 aromatic carbocycles. The van der Waals surface area contributed by atoms with Crippen LogP contribution in [0.1, 0.15) is 41.0 Å². The van der Waals surface area contributed by atoms with E-state index >= 15 is 0 Å². The number of rotatable bonds is 1. The molecular formula is C9H18S. The van der Waals surface area contributed by atoms with E-state index in [9.17, 15) is 0 Å². The van der Waals surface area contributed by atoms with Crippen molar-refractivity contribution in [2.45, 2.75) is 45.8 Å². The summed E-state index contributed by atoms with van der Waals surface area (Å²) >= 11 is 4.61. The maximum Gasteiger partial charge on any atom is 0.0132 e. The van der Waals surface area contributed by atoms with E-state index in [1.807, 2.05) is 0 Å². The molecule has 1 aliphatic rings. The molecular weight excluding hydrogens is 140 g/mol. The predicted octanol–water partition coefficient (Wildman–Crippen LogP) is 3.13. The monoisotopic (exact) mass is 158 g/mol. The van der Waals surface area contributed by atoms with E-state index in [1.165, 1.54) is 6.42 Å². The second-order valence-corrected chi connectivity index (χ2v) is 6.07. The molecule has 1 saturated carbocycles. The Labute approximate surface area is 69.8 Å². The quantitative estimate of drug-likeness (QED) is 0.557. The SMILES string of the molecule is CC(C)(S)C1(C)CC1(C)C. The molecule has 0 aliphatic heterocycles. The van der Waals surface area contributed by atoms with Gasteiger partial charge in [-0.2, -0.15) is 12.6 Å². The van der Waals surface area contributed by atoms with Gasteiger partial charge in [-0.25, -0.2) is 0 Å². The van der Waals surface area contributed by atoms with Crippen molar-refractivity contribution < 1.29 is 0 Å². The minimum atomic E-state index is 0.177. The van der Waals surface area contributed by atoms with E-state index in [2.05, 4.69) is 47.2 Å². The molecule has 0 aromatic rings. The van der Waals surface area contributed by atoms with E-state index < -0.39 is 0 Å². The van der Waals surface area contributed by atoms with E-state index in [0.29, 0.717) is 10.8 Å². The summed E-state index contributed by atoms with van der Waals surface area (Å²) in [6.45, 7) is 11.4. The molecule has 1 fully saturated rings. The molecule has 0 amide bonds. The molecule has 60 valence electrons. The van der Waals surface area contributed by atoms with Gasteiger partial charge in [-0.3, -0.25) is 0 Å². The van der Waals surface area contributed by atoms with Crippen LogP contribution in [-0.4, -0.2) is 4.75 Å². The summed E-state index contributed by atoms with van der Waals surface area (Å²) < 4.78 is 0.177. The molecule has 10 heavy (non-hydrogen) atoms. The lowest BCUT2D eigenvalue weighted by Crippen LogP contribution is -2.27. The van der Waals surface area contributed by atoms with Crippen molar-refractivity contribution in [2.75, 3.05) is 0 Å². The summed E-state index contributed by atoms with van der Waals surface area (Å²) in [6.07, 6.45) is 1.32. The van der Waals surface area contributed by atoms with Gasteiger partial charge in [0.1, 0.15) is 0 Å². The van der Waals surface area contributed by atoms with Crippen LogP contribution in [0.4, 0.5) is 0 Å². The summed E-state index contributed by atoms with van der Waals surface area (Å²) in [7, 11) is 0. The summed E-state index contributed by atoms with van der Waals surface area (Å²) in [5, 5.41) is 0.